The van der Waals surface area contributed by atoms with Crippen molar-refractivity contribution in [3.05, 3.63) is 33.6 Å². The molecular weight excluding hydrogens is 283 g/mol. The molecule has 0 saturated carbocycles. The van der Waals surface area contributed by atoms with E-state index in [-0.39, 0.29) is 11.8 Å². The van der Waals surface area contributed by atoms with Gasteiger partial charge in [0.15, 0.2) is 5.82 Å². The van der Waals surface area contributed by atoms with Crippen molar-refractivity contribution in [2.24, 2.45) is 0 Å². The highest BCUT2D eigenvalue weighted by atomic mass is 19.1. The smallest absolute Gasteiger partial charge is 0.342 e. The number of hydrogen-bond acceptors (Lipinski definition) is 5. The maximum Gasteiger partial charge on any atom is 0.342 e. The zero-order chi connectivity index (χ0) is 15.4. The van der Waals surface area contributed by atoms with Crippen LogP contribution in [0.2, 0.25) is 0 Å². The normalized spacial score (nSPS) is 17.7. The molecule has 1 saturated heterocycles. The van der Waals surface area contributed by atoms with Crippen molar-refractivity contribution in [2.75, 3.05) is 18.5 Å². The number of nitro benzene ring substituents is 1. The monoisotopic (exact) mass is 298 g/mol. The molecule has 0 aromatic heterocycles. The topological polar surface area (TPSA) is 102 Å². The second-order valence-corrected chi connectivity index (χ2v) is 4.76. The maximum absolute atomic E-state index is 13.8. The first-order chi connectivity index (χ1) is 9.99. The molecule has 1 aromatic rings. The summed E-state index contributed by atoms with van der Waals surface area (Å²) in [6, 6.07) is 1.57. The van der Waals surface area contributed by atoms with Gasteiger partial charge in [-0.15, -0.1) is 0 Å². The van der Waals surface area contributed by atoms with Crippen LogP contribution in [0.5, 0.6) is 0 Å². The Kier molecular flexibility index (Phi) is 4.69. The van der Waals surface area contributed by atoms with Crippen molar-refractivity contribution >= 4 is 17.3 Å². The molecule has 0 bridgehead atoms. The number of hydrogen-bond donors (Lipinski definition) is 2. The molecule has 1 aliphatic heterocycles. The van der Waals surface area contributed by atoms with Crippen molar-refractivity contribution in [1.29, 1.82) is 0 Å². The molecule has 0 radical (unpaired) electrons. The lowest BCUT2D eigenvalue weighted by Gasteiger charge is -2.12. The van der Waals surface area contributed by atoms with E-state index in [0.717, 1.165) is 25.5 Å². The molecule has 0 aliphatic carbocycles. The van der Waals surface area contributed by atoms with E-state index in [0.29, 0.717) is 19.0 Å². The fourth-order valence-electron chi connectivity index (χ4n) is 2.26. The van der Waals surface area contributed by atoms with Gasteiger partial charge >= 0.3 is 5.97 Å². The first-order valence-electron chi connectivity index (χ1n) is 6.55. The molecule has 0 amide bonds. The lowest BCUT2D eigenvalue weighted by atomic mass is 10.1. The SMILES string of the molecule is O=C(O)c1cc(NCCC2CCCO2)c(F)cc1[N+](=O)[O-]. The number of carbonyl (C=O) groups is 1. The van der Waals surface area contributed by atoms with Crippen LogP contribution in [0, 0.1) is 15.9 Å². The number of aromatic carboxylic acids is 1. The van der Waals surface area contributed by atoms with E-state index in [4.69, 9.17) is 9.84 Å². The number of nitro groups is 1. The Morgan fingerprint density at radius 2 is 2.33 bits per heavy atom. The Labute approximate surface area is 119 Å². The number of carboxylic acid groups (broad SMARTS) is 1. The minimum atomic E-state index is -1.47. The predicted octanol–water partition coefficient (Wildman–Crippen LogP) is 2.41. The van der Waals surface area contributed by atoms with Gasteiger partial charge in [0.1, 0.15) is 5.56 Å². The summed E-state index contributed by atoms with van der Waals surface area (Å²) in [7, 11) is 0. The third kappa shape index (κ3) is 3.66. The van der Waals surface area contributed by atoms with Crippen LogP contribution in [-0.4, -0.2) is 35.3 Å². The molecule has 114 valence electrons. The number of nitrogens with one attached hydrogen (secondary N) is 1. The molecule has 0 spiro atoms. The van der Waals surface area contributed by atoms with Gasteiger partial charge in [-0.1, -0.05) is 0 Å². The molecule has 1 aliphatic rings. The summed E-state index contributed by atoms with van der Waals surface area (Å²) in [5.41, 5.74) is -1.36. The first kappa shape index (κ1) is 15.2. The van der Waals surface area contributed by atoms with Crippen LogP contribution in [0.25, 0.3) is 0 Å². The molecule has 8 heteroatoms. The van der Waals surface area contributed by atoms with Gasteiger partial charge in [0.05, 0.1) is 22.8 Å². The molecule has 1 heterocycles. The van der Waals surface area contributed by atoms with Gasteiger partial charge in [0.25, 0.3) is 5.69 Å². The molecule has 21 heavy (non-hydrogen) atoms. The lowest BCUT2D eigenvalue weighted by molar-refractivity contribution is -0.385. The largest absolute Gasteiger partial charge is 0.477 e. The van der Waals surface area contributed by atoms with E-state index in [1.54, 1.807) is 0 Å². The Balaban J connectivity index is 2.09. The highest BCUT2D eigenvalue weighted by molar-refractivity contribution is 5.93. The van der Waals surface area contributed by atoms with E-state index in [9.17, 15) is 19.3 Å². The van der Waals surface area contributed by atoms with E-state index < -0.39 is 28.0 Å². The number of ether oxygens (including phenoxy) is 1. The van der Waals surface area contributed by atoms with Crippen LogP contribution in [0.4, 0.5) is 15.8 Å². The summed E-state index contributed by atoms with van der Waals surface area (Å²) < 4.78 is 19.2. The summed E-state index contributed by atoms with van der Waals surface area (Å²) in [5, 5.41) is 22.4. The number of rotatable bonds is 6. The molecule has 7 nitrogen and oxygen atoms in total. The van der Waals surface area contributed by atoms with Crippen molar-refractivity contribution < 1.29 is 24.0 Å². The predicted molar refractivity (Wildman–Crippen MR) is 72.1 cm³/mol. The van der Waals surface area contributed by atoms with Crippen molar-refractivity contribution in [3.8, 4) is 0 Å². The quantitative estimate of drug-likeness (QED) is 0.617. The van der Waals surface area contributed by atoms with Crippen LogP contribution < -0.4 is 5.32 Å². The van der Waals surface area contributed by atoms with Crippen LogP contribution in [0.15, 0.2) is 12.1 Å². The molecular formula is C13H15FN2O5. The van der Waals surface area contributed by atoms with E-state index in [1.807, 2.05) is 0 Å². The van der Waals surface area contributed by atoms with Gasteiger partial charge in [-0.25, -0.2) is 9.18 Å². The molecule has 1 aromatic carbocycles. The third-order valence-corrected chi connectivity index (χ3v) is 3.32. The second kappa shape index (κ2) is 6.49. The summed E-state index contributed by atoms with van der Waals surface area (Å²) in [4.78, 5) is 20.8. The summed E-state index contributed by atoms with van der Waals surface area (Å²) >= 11 is 0. The Hall–Kier alpha value is -2.22. The number of nitrogens with zero attached hydrogens (tertiary/aromatic N) is 1. The lowest BCUT2D eigenvalue weighted by Crippen LogP contribution is -2.14. The molecule has 1 atom stereocenters. The minimum absolute atomic E-state index is 0.0593. The summed E-state index contributed by atoms with van der Waals surface area (Å²) in [6.07, 6.45) is 2.74. The van der Waals surface area contributed by atoms with E-state index in [2.05, 4.69) is 5.32 Å². The second-order valence-electron chi connectivity index (χ2n) is 4.76. The van der Waals surface area contributed by atoms with Gasteiger partial charge in [-0.2, -0.15) is 0 Å². The van der Waals surface area contributed by atoms with Crippen LogP contribution in [0.3, 0.4) is 0 Å². The van der Waals surface area contributed by atoms with E-state index in [1.165, 1.54) is 0 Å². The van der Waals surface area contributed by atoms with Crippen LogP contribution in [0.1, 0.15) is 29.6 Å². The van der Waals surface area contributed by atoms with Gasteiger partial charge in [-0.3, -0.25) is 10.1 Å². The fourth-order valence-corrected chi connectivity index (χ4v) is 2.26. The summed E-state index contributed by atoms with van der Waals surface area (Å²) in [5.74, 6) is -2.32. The molecule has 1 unspecified atom stereocenters. The highest BCUT2D eigenvalue weighted by Crippen LogP contribution is 2.26. The number of carboxylic acids is 1. The van der Waals surface area contributed by atoms with Crippen molar-refractivity contribution in [1.82, 2.24) is 0 Å². The Morgan fingerprint density at radius 1 is 1.57 bits per heavy atom. The van der Waals surface area contributed by atoms with Crippen molar-refractivity contribution in [3.63, 3.8) is 0 Å². The summed E-state index contributed by atoms with van der Waals surface area (Å²) in [6.45, 7) is 1.12. The number of halogens is 1. The number of anilines is 1. The molecule has 2 rings (SSSR count). The van der Waals surface area contributed by atoms with Crippen molar-refractivity contribution in [2.45, 2.75) is 25.4 Å². The Morgan fingerprint density at radius 3 is 2.90 bits per heavy atom. The van der Waals surface area contributed by atoms with Gasteiger partial charge < -0.3 is 15.2 Å². The zero-order valence-electron chi connectivity index (χ0n) is 11.2. The average molecular weight is 298 g/mol. The van der Waals surface area contributed by atoms with Crippen LogP contribution >= 0.6 is 0 Å². The number of benzene rings is 1. The standard InChI is InChI=1S/C13H15FN2O5/c14-10-7-12(16(19)20)9(13(17)18)6-11(10)15-4-3-8-2-1-5-21-8/h6-8,15H,1-5H2,(H,17,18). The van der Waals surface area contributed by atoms with Crippen LogP contribution in [-0.2, 0) is 4.74 Å². The fraction of sp³-hybridized carbons (Fsp3) is 0.462. The molecule has 1 fully saturated rings. The third-order valence-electron chi connectivity index (χ3n) is 3.32. The van der Waals surface area contributed by atoms with Gasteiger partial charge in [0, 0.05) is 13.2 Å². The molecule has 2 N–H and O–H groups in total. The van der Waals surface area contributed by atoms with E-state index >= 15 is 0 Å². The zero-order valence-corrected chi connectivity index (χ0v) is 11.2. The minimum Gasteiger partial charge on any atom is -0.477 e. The van der Waals surface area contributed by atoms with Gasteiger partial charge in [0.2, 0.25) is 0 Å². The maximum atomic E-state index is 13.8. The Bertz CT molecular complexity index is 558. The van der Waals surface area contributed by atoms with Gasteiger partial charge in [-0.05, 0) is 25.3 Å². The average Bonchev–Trinajstić information content (AvgIpc) is 2.92. The highest BCUT2D eigenvalue weighted by Gasteiger charge is 2.23. The first-order valence-corrected chi connectivity index (χ1v) is 6.55.